The predicted molar refractivity (Wildman–Crippen MR) is 51.0 cm³/mol. The summed E-state index contributed by atoms with van der Waals surface area (Å²) in [5.74, 6) is 0.0177. The van der Waals surface area contributed by atoms with Crippen LogP contribution in [0, 0.1) is 5.92 Å². The molecule has 2 N–H and O–H groups in total. The van der Waals surface area contributed by atoms with Crippen molar-refractivity contribution in [3.8, 4) is 0 Å². The van der Waals surface area contributed by atoms with Crippen molar-refractivity contribution in [3.63, 3.8) is 0 Å². The summed E-state index contributed by atoms with van der Waals surface area (Å²) in [6, 6.07) is 0. The zero-order chi connectivity index (χ0) is 9.72. The highest BCUT2D eigenvalue weighted by atomic mass is 32.1. The topological polar surface area (TPSA) is 55.6 Å². The van der Waals surface area contributed by atoms with Gasteiger partial charge >= 0.3 is 6.09 Å². The lowest BCUT2D eigenvalue weighted by Crippen LogP contribution is -2.35. The molecule has 0 aliphatic heterocycles. The Morgan fingerprint density at radius 1 is 1.75 bits per heavy atom. The van der Waals surface area contributed by atoms with Crippen molar-refractivity contribution in [2.75, 3.05) is 20.7 Å². The first kappa shape index (κ1) is 11.2. The van der Waals surface area contributed by atoms with Crippen molar-refractivity contribution in [2.45, 2.75) is 6.92 Å². The summed E-state index contributed by atoms with van der Waals surface area (Å²) >= 11 is 4.76. The van der Waals surface area contributed by atoms with E-state index in [1.54, 1.807) is 7.05 Å². The van der Waals surface area contributed by atoms with Crippen LogP contribution in [0.25, 0.3) is 0 Å². The van der Waals surface area contributed by atoms with Gasteiger partial charge < -0.3 is 15.4 Å². The number of carbonyl (C=O) groups is 1. The average molecular weight is 190 g/mol. The molecule has 0 saturated heterocycles. The van der Waals surface area contributed by atoms with Crippen LogP contribution < -0.4 is 5.73 Å². The third kappa shape index (κ3) is 3.52. The van der Waals surface area contributed by atoms with Gasteiger partial charge in [0.05, 0.1) is 12.1 Å². The molecule has 0 saturated carbocycles. The lowest BCUT2D eigenvalue weighted by molar-refractivity contribution is 0.131. The number of hydrogen-bond acceptors (Lipinski definition) is 3. The fourth-order valence-corrected chi connectivity index (χ4v) is 0.806. The maximum absolute atomic E-state index is 10.9. The summed E-state index contributed by atoms with van der Waals surface area (Å²) in [7, 11) is 2.98. The minimum Gasteiger partial charge on any atom is -0.453 e. The fraction of sp³-hybridized carbons (Fsp3) is 0.714. The highest BCUT2D eigenvalue weighted by Crippen LogP contribution is 1.99. The molecule has 4 nitrogen and oxygen atoms in total. The maximum atomic E-state index is 10.9. The number of amides is 1. The van der Waals surface area contributed by atoms with Gasteiger partial charge in [0, 0.05) is 19.5 Å². The molecule has 0 aromatic carbocycles. The largest absolute Gasteiger partial charge is 0.453 e. The van der Waals surface area contributed by atoms with Crippen LogP contribution in [0.1, 0.15) is 6.92 Å². The van der Waals surface area contributed by atoms with Crippen molar-refractivity contribution < 1.29 is 9.53 Å². The van der Waals surface area contributed by atoms with E-state index in [1.165, 1.54) is 12.0 Å². The maximum Gasteiger partial charge on any atom is 0.409 e. The molecule has 0 rings (SSSR count). The van der Waals surface area contributed by atoms with Gasteiger partial charge in [0.2, 0.25) is 0 Å². The van der Waals surface area contributed by atoms with Gasteiger partial charge in [-0.05, 0) is 0 Å². The first-order valence-electron chi connectivity index (χ1n) is 3.57. The van der Waals surface area contributed by atoms with E-state index < -0.39 is 0 Å². The second-order valence-electron chi connectivity index (χ2n) is 2.65. The fourth-order valence-electron chi connectivity index (χ4n) is 0.731. The van der Waals surface area contributed by atoms with Crippen molar-refractivity contribution in [1.82, 2.24) is 4.90 Å². The quantitative estimate of drug-likeness (QED) is 0.662. The van der Waals surface area contributed by atoms with Crippen LogP contribution in [0.5, 0.6) is 0 Å². The predicted octanol–water partition coefficient (Wildman–Crippen LogP) is 0.607. The number of thiocarbonyl (C=S) groups is 1. The Kier molecular flexibility index (Phi) is 4.58. The Bertz CT molecular complexity index is 184. The van der Waals surface area contributed by atoms with Gasteiger partial charge in [-0.3, -0.25) is 0 Å². The minimum atomic E-state index is -0.377. The molecule has 0 aromatic rings. The molecule has 5 heteroatoms. The Balaban J connectivity index is 3.91. The molecule has 0 fully saturated rings. The number of rotatable bonds is 3. The molecule has 0 heterocycles. The molecule has 1 atom stereocenters. The smallest absolute Gasteiger partial charge is 0.409 e. The average Bonchev–Trinajstić information content (AvgIpc) is 2.02. The Morgan fingerprint density at radius 2 is 2.25 bits per heavy atom. The van der Waals surface area contributed by atoms with E-state index in [1.807, 2.05) is 6.92 Å². The second kappa shape index (κ2) is 4.92. The van der Waals surface area contributed by atoms with Crippen LogP contribution in [-0.4, -0.2) is 36.7 Å². The molecule has 12 heavy (non-hydrogen) atoms. The van der Waals surface area contributed by atoms with Crippen LogP contribution in [0.15, 0.2) is 0 Å². The van der Waals surface area contributed by atoms with E-state index >= 15 is 0 Å². The van der Waals surface area contributed by atoms with Crippen LogP contribution in [0.3, 0.4) is 0 Å². The van der Waals surface area contributed by atoms with E-state index in [9.17, 15) is 4.79 Å². The lowest BCUT2D eigenvalue weighted by atomic mass is 10.2. The van der Waals surface area contributed by atoms with Gasteiger partial charge in [0.15, 0.2) is 0 Å². The van der Waals surface area contributed by atoms with Crippen LogP contribution in [0.4, 0.5) is 4.79 Å². The highest BCUT2D eigenvalue weighted by Gasteiger charge is 2.13. The molecule has 0 radical (unpaired) electrons. The van der Waals surface area contributed by atoms with Crippen LogP contribution in [-0.2, 0) is 4.74 Å². The Labute approximate surface area is 77.7 Å². The van der Waals surface area contributed by atoms with Crippen molar-refractivity contribution >= 4 is 23.3 Å². The number of methoxy groups -OCH3 is 1. The van der Waals surface area contributed by atoms with E-state index in [-0.39, 0.29) is 12.0 Å². The molecule has 0 aliphatic rings. The molecule has 0 spiro atoms. The Hall–Kier alpha value is -0.840. The van der Waals surface area contributed by atoms with Gasteiger partial charge in [0.1, 0.15) is 0 Å². The number of nitrogens with zero attached hydrogens (tertiary/aromatic N) is 1. The molecule has 1 amide bonds. The number of ether oxygens (including phenoxy) is 1. The monoisotopic (exact) mass is 190 g/mol. The second-order valence-corrected chi connectivity index (χ2v) is 3.13. The molecule has 0 bridgehead atoms. The van der Waals surface area contributed by atoms with Crippen molar-refractivity contribution in [2.24, 2.45) is 11.7 Å². The zero-order valence-electron chi connectivity index (χ0n) is 7.53. The van der Waals surface area contributed by atoms with Crippen molar-refractivity contribution in [3.05, 3.63) is 0 Å². The summed E-state index contributed by atoms with van der Waals surface area (Å²) in [6.07, 6.45) is -0.377. The third-order valence-corrected chi connectivity index (χ3v) is 1.92. The number of carbonyl (C=O) groups excluding carboxylic acids is 1. The summed E-state index contributed by atoms with van der Waals surface area (Å²) in [5, 5.41) is 0. The number of hydrogen-bond donors (Lipinski definition) is 1. The highest BCUT2D eigenvalue weighted by molar-refractivity contribution is 7.80. The summed E-state index contributed by atoms with van der Waals surface area (Å²) in [4.78, 5) is 12.7. The van der Waals surface area contributed by atoms with E-state index in [4.69, 9.17) is 18.0 Å². The van der Waals surface area contributed by atoms with Gasteiger partial charge in [-0.2, -0.15) is 0 Å². The van der Waals surface area contributed by atoms with Gasteiger partial charge in [-0.1, -0.05) is 19.1 Å². The van der Waals surface area contributed by atoms with E-state index in [2.05, 4.69) is 4.74 Å². The third-order valence-electron chi connectivity index (χ3n) is 1.52. The number of nitrogens with two attached hydrogens (primary N) is 1. The van der Waals surface area contributed by atoms with Gasteiger partial charge in [-0.15, -0.1) is 0 Å². The normalized spacial score (nSPS) is 11.9. The summed E-state index contributed by atoms with van der Waals surface area (Å²) in [6.45, 7) is 2.35. The zero-order valence-corrected chi connectivity index (χ0v) is 8.35. The van der Waals surface area contributed by atoms with Crippen LogP contribution >= 0.6 is 12.2 Å². The molecule has 0 aromatic heterocycles. The lowest BCUT2D eigenvalue weighted by Gasteiger charge is -2.19. The first-order chi connectivity index (χ1) is 5.49. The molecule has 70 valence electrons. The van der Waals surface area contributed by atoms with Crippen LogP contribution in [0.2, 0.25) is 0 Å². The molecular formula is C7H14N2O2S. The van der Waals surface area contributed by atoms with Gasteiger partial charge in [0.25, 0.3) is 0 Å². The van der Waals surface area contributed by atoms with E-state index in [0.29, 0.717) is 11.5 Å². The molecule has 1 unspecified atom stereocenters. The van der Waals surface area contributed by atoms with Gasteiger partial charge in [-0.25, -0.2) is 4.79 Å². The standard InChI is InChI=1S/C7H14N2O2S/c1-5(6(8)12)4-9(2)7(10)11-3/h5H,4H2,1-3H3,(H2,8,12). The Morgan fingerprint density at radius 3 is 2.58 bits per heavy atom. The minimum absolute atomic E-state index is 0.0177. The molecule has 0 aliphatic carbocycles. The summed E-state index contributed by atoms with van der Waals surface area (Å²) in [5.41, 5.74) is 5.38. The summed E-state index contributed by atoms with van der Waals surface area (Å²) < 4.78 is 4.50. The van der Waals surface area contributed by atoms with E-state index in [0.717, 1.165) is 0 Å². The molecular weight excluding hydrogens is 176 g/mol. The first-order valence-corrected chi connectivity index (χ1v) is 3.98. The van der Waals surface area contributed by atoms with Crippen molar-refractivity contribution in [1.29, 1.82) is 0 Å². The SMILES string of the molecule is COC(=O)N(C)CC(C)C(N)=S.